The molecule has 0 aliphatic heterocycles. The smallest absolute Gasteiger partial charge is 0.0726 e. The van der Waals surface area contributed by atoms with E-state index in [0.717, 1.165) is 12.8 Å². The SMILES string of the molecule is CC1(C)CCC(C)(C)c2cc(-c3cc4c(cc3N(c3ccc(-c5ccccc5)cc3)c3cccc5c3CCCC5)C3(c5ccccc5-c5ccccc53)c3ccccc3-4)ccc21. The van der Waals surface area contributed by atoms with E-state index in [-0.39, 0.29) is 10.8 Å². The maximum atomic E-state index is 2.65. The molecule has 0 saturated heterocycles. The minimum Gasteiger partial charge on any atom is -0.310 e. The van der Waals surface area contributed by atoms with Gasteiger partial charge in [0.15, 0.2) is 0 Å². The summed E-state index contributed by atoms with van der Waals surface area (Å²) in [6.45, 7) is 9.80. The normalized spacial score (nSPS) is 16.7. The maximum absolute atomic E-state index is 2.65. The van der Waals surface area contributed by atoms with Gasteiger partial charge in [-0.3, -0.25) is 0 Å². The monoisotopic (exact) mass is 799 g/mol. The predicted octanol–water partition coefficient (Wildman–Crippen LogP) is 16.1. The lowest BCUT2D eigenvalue weighted by molar-refractivity contribution is 0.332. The van der Waals surface area contributed by atoms with E-state index in [1.807, 2.05) is 0 Å². The van der Waals surface area contributed by atoms with Crippen LogP contribution in [0.15, 0.2) is 176 Å². The Morgan fingerprint density at radius 1 is 0.371 bits per heavy atom. The van der Waals surface area contributed by atoms with E-state index in [4.69, 9.17) is 0 Å². The van der Waals surface area contributed by atoms with Gasteiger partial charge in [0.25, 0.3) is 0 Å². The van der Waals surface area contributed by atoms with Crippen molar-refractivity contribution in [3.8, 4) is 44.5 Å². The fourth-order valence-corrected chi connectivity index (χ4v) is 12.1. The number of aryl methyl sites for hydroxylation is 1. The maximum Gasteiger partial charge on any atom is 0.0726 e. The third-order valence-corrected chi connectivity index (χ3v) is 15.4. The molecular formula is C61H53N. The molecule has 0 amide bonds. The summed E-state index contributed by atoms with van der Waals surface area (Å²) in [7, 11) is 0. The molecular weight excluding hydrogens is 747 g/mol. The third kappa shape index (κ3) is 5.40. The number of anilines is 3. The van der Waals surface area contributed by atoms with Gasteiger partial charge in [-0.05, 0) is 163 Å². The van der Waals surface area contributed by atoms with E-state index >= 15 is 0 Å². The van der Waals surface area contributed by atoms with Crippen LogP contribution in [0.25, 0.3) is 44.5 Å². The second-order valence-corrected chi connectivity index (χ2v) is 19.7. The molecule has 0 saturated carbocycles. The van der Waals surface area contributed by atoms with Crippen molar-refractivity contribution in [1.29, 1.82) is 0 Å². The summed E-state index contributed by atoms with van der Waals surface area (Å²) in [6.07, 6.45) is 7.05. The van der Waals surface area contributed by atoms with Crippen LogP contribution < -0.4 is 4.90 Å². The van der Waals surface area contributed by atoms with Gasteiger partial charge in [0.05, 0.1) is 11.1 Å². The summed E-state index contributed by atoms with van der Waals surface area (Å²) >= 11 is 0. The van der Waals surface area contributed by atoms with Crippen LogP contribution in [-0.2, 0) is 29.1 Å². The Labute approximate surface area is 367 Å². The molecule has 0 unspecified atom stereocenters. The van der Waals surface area contributed by atoms with Crippen LogP contribution in [0.1, 0.15) is 97.9 Å². The molecule has 0 atom stereocenters. The van der Waals surface area contributed by atoms with E-state index in [9.17, 15) is 0 Å². The molecule has 4 aliphatic rings. The van der Waals surface area contributed by atoms with Crippen molar-refractivity contribution in [2.45, 2.75) is 82.5 Å². The molecule has 12 rings (SSSR count). The Hall–Kier alpha value is -6.44. The van der Waals surface area contributed by atoms with Crippen LogP contribution in [-0.4, -0.2) is 0 Å². The van der Waals surface area contributed by atoms with E-state index in [2.05, 4.69) is 209 Å². The number of benzene rings is 8. The van der Waals surface area contributed by atoms with Crippen LogP contribution in [0.3, 0.4) is 0 Å². The van der Waals surface area contributed by atoms with E-state index in [1.54, 1.807) is 0 Å². The molecule has 0 aromatic heterocycles. The number of fused-ring (bicyclic) bond motifs is 12. The lowest BCUT2D eigenvalue weighted by Crippen LogP contribution is -2.33. The highest BCUT2D eigenvalue weighted by molar-refractivity contribution is 6.00. The molecule has 0 radical (unpaired) electrons. The highest BCUT2D eigenvalue weighted by Gasteiger charge is 2.52. The Balaban J connectivity index is 1.20. The summed E-state index contributed by atoms with van der Waals surface area (Å²) in [4.78, 5) is 2.65. The molecule has 1 spiro atoms. The van der Waals surface area contributed by atoms with Crippen molar-refractivity contribution in [2.24, 2.45) is 0 Å². The largest absolute Gasteiger partial charge is 0.310 e. The summed E-state index contributed by atoms with van der Waals surface area (Å²) < 4.78 is 0. The van der Waals surface area contributed by atoms with Gasteiger partial charge in [-0.2, -0.15) is 0 Å². The Morgan fingerprint density at radius 3 is 1.61 bits per heavy atom. The fourth-order valence-electron chi connectivity index (χ4n) is 12.1. The second kappa shape index (κ2) is 13.8. The molecule has 4 aliphatic carbocycles. The van der Waals surface area contributed by atoms with Crippen LogP contribution >= 0.6 is 0 Å². The number of hydrogen-bond acceptors (Lipinski definition) is 1. The van der Waals surface area contributed by atoms with Crippen LogP contribution in [0, 0.1) is 0 Å². The van der Waals surface area contributed by atoms with Crippen LogP contribution in [0.4, 0.5) is 17.1 Å². The minimum absolute atomic E-state index is 0.0805. The first kappa shape index (κ1) is 37.3. The van der Waals surface area contributed by atoms with Gasteiger partial charge < -0.3 is 4.90 Å². The van der Waals surface area contributed by atoms with E-state index in [1.165, 1.54) is 132 Å². The molecule has 0 bridgehead atoms. The first-order valence-electron chi connectivity index (χ1n) is 22.9. The van der Waals surface area contributed by atoms with Crippen LogP contribution in [0.2, 0.25) is 0 Å². The molecule has 1 nitrogen and oxygen atoms in total. The quantitative estimate of drug-likeness (QED) is 0.168. The van der Waals surface area contributed by atoms with Crippen molar-refractivity contribution in [1.82, 2.24) is 0 Å². The Bertz CT molecular complexity index is 3030. The third-order valence-electron chi connectivity index (χ3n) is 15.4. The molecule has 1 heteroatoms. The van der Waals surface area contributed by atoms with Crippen molar-refractivity contribution < 1.29 is 0 Å². The van der Waals surface area contributed by atoms with E-state index in [0.29, 0.717) is 0 Å². The zero-order valence-electron chi connectivity index (χ0n) is 36.4. The lowest BCUT2D eigenvalue weighted by atomic mass is 9.63. The van der Waals surface area contributed by atoms with Crippen molar-refractivity contribution in [3.63, 3.8) is 0 Å². The van der Waals surface area contributed by atoms with Gasteiger partial charge >= 0.3 is 0 Å². The van der Waals surface area contributed by atoms with Crippen molar-refractivity contribution >= 4 is 17.1 Å². The van der Waals surface area contributed by atoms with Gasteiger partial charge in [0, 0.05) is 16.9 Å². The molecule has 8 aromatic rings. The predicted molar refractivity (Wildman–Crippen MR) is 260 cm³/mol. The number of rotatable bonds is 5. The Morgan fingerprint density at radius 2 is 0.935 bits per heavy atom. The van der Waals surface area contributed by atoms with E-state index < -0.39 is 5.41 Å². The second-order valence-electron chi connectivity index (χ2n) is 19.7. The zero-order chi connectivity index (χ0) is 41.8. The molecule has 0 fully saturated rings. The fraction of sp³-hybridized carbons (Fsp3) is 0.213. The lowest BCUT2D eigenvalue weighted by Gasteiger charge is -2.42. The topological polar surface area (TPSA) is 3.24 Å². The number of nitrogens with zero attached hydrogens (tertiary/aromatic N) is 1. The highest BCUT2D eigenvalue weighted by Crippen LogP contribution is 2.64. The molecule has 8 aromatic carbocycles. The first-order valence-corrected chi connectivity index (χ1v) is 22.9. The van der Waals surface area contributed by atoms with Gasteiger partial charge in [0.2, 0.25) is 0 Å². The minimum atomic E-state index is -0.451. The first-order chi connectivity index (χ1) is 30.2. The van der Waals surface area contributed by atoms with Gasteiger partial charge in [-0.15, -0.1) is 0 Å². The summed E-state index contributed by atoms with van der Waals surface area (Å²) in [5.41, 5.74) is 25.3. The Kier molecular flexibility index (Phi) is 8.30. The average molecular weight is 800 g/mol. The van der Waals surface area contributed by atoms with Crippen molar-refractivity contribution in [2.75, 3.05) is 4.90 Å². The summed E-state index contributed by atoms with van der Waals surface area (Å²) in [5.74, 6) is 0. The van der Waals surface area contributed by atoms with Crippen LogP contribution in [0.5, 0.6) is 0 Å². The molecule has 62 heavy (non-hydrogen) atoms. The molecule has 302 valence electrons. The molecule has 0 heterocycles. The summed E-state index contributed by atoms with van der Waals surface area (Å²) in [6, 6.07) is 67.6. The molecule has 0 N–H and O–H groups in total. The van der Waals surface area contributed by atoms with Gasteiger partial charge in [-0.25, -0.2) is 0 Å². The van der Waals surface area contributed by atoms with Gasteiger partial charge in [0.1, 0.15) is 0 Å². The van der Waals surface area contributed by atoms with Crippen molar-refractivity contribution in [3.05, 3.63) is 220 Å². The standard InChI is InChI=1S/C61H53N/c1-59(2)35-36-60(3,4)56-37-43(31-34-54(56)59)49-38-50-48-24-12-15-27-53(48)61(51-25-13-10-22-46(51)47-23-11-14-26-52(47)61)55(50)39-58(49)62(57-28-16-20-42-19-8-9-21-45(42)57)44-32-29-41(30-33-44)40-17-6-5-7-18-40/h5-7,10-18,20,22-34,37-39H,8-9,19,21,35-36H2,1-4H3. The zero-order valence-corrected chi connectivity index (χ0v) is 36.4. The number of hydrogen-bond donors (Lipinski definition) is 0. The van der Waals surface area contributed by atoms with Gasteiger partial charge in [-0.1, -0.05) is 173 Å². The highest BCUT2D eigenvalue weighted by atomic mass is 15.1. The summed E-state index contributed by atoms with van der Waals surface area (Å²) in [5, 5.41) is 0. The average Bonchev–Trinajstić information content (AvgIpc) is 3.78.